The lowest BCUT2D eigenvalue weighted by Crippen LogP contribution is -2.64. The first-order valence-corrected chi connectivity index (χ1v) is 14.5. The van der Waals surface area contributed by atoms with Crippen LogP contribution in [0.1, 0.15) is 99.3 Å². The third-order valence-corrected chi connectivity index (χ3v) is 13.3. The number of methoxy groups -OCH3 is 1. The average molecular weight is 503 g/mol. The second kappa shape index (κ2) is 8.29. The summed E-state index contributed by atoms with van der Waals surface area (Å²) in [7, 11) is 1.76. The van der Waals surface area contributed by atoms with E-state index in [1.54, 1.807) is 7.11 Å². The standard InChI is InChI=1S/C31H50O5/c1-20(9-8-12-26(2,3)35-7)21-10-13-28(5)25-22(33)17-23-29(6,36-19-32)24(34)11-14-30(23)18-31(25,30)16-15-27(21,28)4/h8,12,19-25,33-34H,9-11,13-18H2,1-7H3/b12-8+/t20-,21-,22+,23+,24+,25+,27-,28+,29+,30-,31+/m0/s1. The Morgan fingerprint density at radius 3 is 2.42 bits per heavy atom. The van der Waals surface area contributed by atoms with Gasteiger partial charge < -0.3 is 19.7 Å². The van der Waals surface area contributed by atoms with Gasteiger partial charge in [-0.15, -0.1) is 0 Å². The lowest BCUT2D eigenvalue weighted by Gasteiger charge is -2.64. The fourth-order valence-electron chi connectivity index (χ4n) is 11.0. The Hall–Kier alpha value is -0.910. The van der Waals surface area contributed by atoms with E-state index in [0.29, 0.717) is 31.1 Å². The largest absolute Gasteiger partial charge is 0.458 e. The molecule has 0 heterocycles. The second-order valence-electron chi connectivity index (χ2n) is 14.7. The molecule has 0 aromatic heterocycles. The van der Waals surface area contributed by atoms with Gasteiger partial charge in [0, 0.05) is 13.0 Å². The predicted molar refractivity (Wildman–Crippen MR) is 140 cm³/mol. The highest BCUT2D eigenvalue weighted by molar-refractivity contribution is 5.41. The maximum absolute atomic E-state index is 11.9. The molecule has 0 aromatic carbocycles. The monoisotopic (exact) mass is 502 g/mol. The number of fused-ring (bicyclic) bond motifs is 2. The molecule has 0 radical (unpaired) electrons. The molecule has 0 saturated heterocycles. The lowest BCUT2D eigenvalue weighted by molar-refractivity contribution is -0.230. The summed E-state index contributed by atoms with van der Waals surface area (Å²) in [6.07, 6.45) is 12.7. The SMILES string of the molecule is COC(C)(C)/C=C/C[C@H](C)[C@@H]1CC[C@]2(C)[C@H]3[C@H](O)C[C@@H]4[C@@](C)(OC=O)[C@H](O)CC[C@]45C[C@]35CC[C@@]12C. The number of ether oxygens (including phenoxy) is 2. The van der Waals surface area contributed by atoms with E-state index < -0.39 is 17.8 Å². The van der Waals surface area contributed by atoms with Gasteiger partial charge in [-0.1, -0.05) is 32.9 Å². The van der Waals surface area contributed by atoms with Gasteiger partial charge in [-0.25, -0.2) is 0 Å². The van der Waals surface area contributed by atoms with Crippen LogP contribution in [0.25, 0.3) is 0 Å². The van der Waals surface area contributed by atoms with Crippen molar-refractivity contribution in [2.24, 2.45) is 45.3 Å². The first-order chi connectivity index (χ1) is 16.8. The molecule has 5 nitrogen and oxygen atoms in total. The maximum Gasteiger partial charge on any atom is 0.293 e. The molecule has 5 heteroatoms. The van der Waals surface area contributed by atoms with Crippen LogP contribution in [0.2, 0.25) is 0 Å². The van der Waals surface area contributed by atoms with E-state index in [4.69, 9.17) is 9.47 Å². The second-order valence-corrected chi connectivity index (χ2v) is 14.7. The van der Waals surface area contributed by atoms with Gasteiger partial charge in [0.1, 0.15) is 5.60 Å². The fourth-order valence-corrected chi connectivity index (χ4v) is 11.0. The minimum absolute atomic E-state index is 0.0311. The first kappa shape index (κ1) is 26.7. The zero-order valence-electron chi connectivity index (χ0n) is 23.7. The van der Waals surface area contributed by atoms with Crippen LogP contribution in [0.15, 0.2) is 12.2 Å². The van der Waals surface area contributed by atoms with E-state index in [2.05, 4.69) is 46.8 Å². The summed E-state index contributed by atoms with van der Waals surface area (Å²) >= 11 is 0. The molecule has 5 fully saturated rings. The van der Waals surface area contributed by atoms with Crippen molar-refractivity contribution in [1.29, 1.82) is 0 Å². The smallest absolute Gasteiger partial charge is 0.293 e. The van der Waals surface area contributed by atoms with Crippen molar-refractivity contribution >= 4 is 6.47 Å². The van der Waals surface area contributed by atoms with Crippen LogP contribution in [0.3, 0.4) is 0 Å². The molecule has 2 spiro atoms. The van der Waals surface area contributed by atoms with E-state index in [0.717, 1.165) is 25.7 Å². The Morgan fingerprint density at radius 1 is 1.03 bits per heavy atom. The molecule has 0 bridgehead atoms. The molecule has 0 aromatic rings. The van der Waals surface area contributed by atoms with Crippen molar-refractivity contribution < 1.29 is 24.5 Å². The molecule has 0 unspecified atom stereocenters. The van der Waals surface area contributed by atoms with E-state index >= 15 is 0 Å². The van der Waals surface area contributed by atoms with Gasteiger partial charge in [-0.05, 0) is 118 Å². The quantitative estimate of drug-likeness (QED) is 0.346. The molecule has 11 atom stereocenters. The van der Waals surface area contributed by atoms with Gasteiger partial charge in [0.25, 0.3) is 6.47 Å². The van der Waals surface area contributed by atoms with Crippen molar-refractivity contribution in [1.82, 2.24) is 0 Å². The van der Waals surface area contributed by atoms with E-state index in [1.807, 2.05) is 6.92 Å². The minimum atomic E-state index is -0.897. The highest BCUT2D eigenvalue weighted by Gasteiger charge is 2.84. The van der Waals surface area contributed by atoms with Crippen molar-refractivity contribution in [3.05, 3.63) is 12.2 Å². The summed E-state index contributed by atoms with van der Waals surface area (Å²) in [5, 5.41) is 22.8. The molecular formula is C31H50O5. The van der Waals surface area contributed by atoms with Gasteiger partial charge in [-0.2, -0.15) is 0 Å². The molecule has 204 valence electrons. The van der Waals surface area contributed by atoms with Crippen molar-refractivity contribution in [2.75, 3.05) is 7.11 Å². The zero-order chi connectivity index (χ0) is 26.4. The molecule has 36 heavy (non-hydrogen) atoms. The summed E-state index contributed by atoms with van der Waals surface area (Å²) in [4.78, 5) is 11.5. The fraction of sp³-hybridized carbons (Fsp3) is 0.903. The van der Waals surface area contributed by atoms with Gasteiger partial charge in [0.15, 0.2) is 0 Å². The van der Waals surface area contributed by atoms with E-state index in [-0.39, 0.29) is 39.1 Å². The first-order valence-electron chi connectivity index (χ1n) is 14.5. The molecule has 5 rings (SSSR count). The predicted octanol–water partition coefficient (Wildman–Crippen LogP) is 5.67. The number of carbonyl (C=O) groups is 1. The summed E-state index contributed by atoms with van der Waals surface area (Å²) in [5.41, 5.74) is -0.600. The third-order valence-electron chi connectivity index (χ3n) is 13.3. The highest BCUT2D eigenvalue weighted by atomic mass is 16.6. The average Bonchev–Trinajstić information content (AvgIpc) is 3.38. The van der Waals surface area contributed by atoms with E-state index in [9.17, 15) is 15.0 Å². The summed E-state index contributed by atoms with van der Waals surface area (Å²) in [6, 6.07) is 0. The molecular weight excluding hydrogens is 452 g/mol. The topological polar surface area (TPSA) is 76.0 Å². The zero-order valence-corrected chi connectivity index (χ0v) is 23.7. The summed E-state index contributed by atoms with van der Waals surface area (Å²) in [6.45, 7) is 14.1. The Bertz CT molecular complexity index is 915. The van der Waals surface area contributed by atoms with Crippen molar-refractivity contribution in [2.45, 2.75) is 123 Å². The summed E-state index contributed by atoms with van der Waals surface area (Å²) in [5.74, 6) is 1.55. The van der Waals surface area contributed by atoms with Crippen molar-refractivity contribution in [3.8, 4) is 0 Å². The van der Waals surface area contributed by atoms with Crippen LogP contribution in [0, 0.1) is 45.3 Å². The normalized spacial score (nSPS) is 52.6. The van der Waals surface area contributed by atoms with Crippen LogP contribution in [0.4, 0.5) is 0 Å². The molecule has 0 amide bonds. The number of hydrogen-bond donors (Lipinski definition) is 2. The number of carbonyl (C=O) groups excluding carboxylic acids is 1. The highest BCUT2D eigenvalue weighted by Crippen LogP contribution is 2.88. The molecule has 5 aliphatic carbocycles. The Labute approximate surface area is 218 Å². The molecule has 5 aliphatic rings. The third kappa shape index (κ3) is 3.27. The van der Waals surface area contributed by atoms with Crippen LogP contribution < -0.4 is 0 Å². The summed E-state index contributed by atoms with van der Waals surface area (Å²) < 4.78 is 11.2. The molecule has 5 saturated carbocycles. The molecule has 2 N–H and O–H groups in total. The van der Waals surface area contributed by atoms with Gasteiger partial charge in [0.2, 0.25) is 0 Å². The van der Waals surface area contributed by atoms with Crippen LogP contribution in [-0.2, 0) is 14.3 Å². The van der Waals surface area contributed by atoms with Gasteiger partial charge in [-0.3, -0.25) is 4.79 Å². The Morgan fingerprint density at radius 2 is 1.75 bits per heavy atom. The lowest BCUT2D eigenvalue weighted by atomic mass is 9.42. The number of rotatable bonds is 7. The number of allylic oxidation sites excluding steroid dienone is 1. The number of aliphatic hydroxyl groups is 2. The van der Waals surface area contributed by atoms with Crippen molar-refractivity contribution in [3.63, 3.8) is 0 Å². The Balaban J connectivity index is 1.42. The van der Waals surface area contributed by atoms with Crippen LogP contribution in [-0.4, -0.2) is 47.2 Å². The van der Waals surface area contributed by atoms with Gasteiger partial charge in [0.05, 0.1) is 17.8 Å². The van der Waals surface area contributed by atoms with Gasteiger partial charge >= 0.3 is 0 Å². The van der Waals surface area contributed by atoms with Crippen LogP contribution in [0.5, 0.6) is 0 Å². The molecule has 0 aliphatic heterocycles. The van der Waals surface area contributed by atoms with E-state index in [1.165, 1.54) is 19.3 Å². The number of aliphatic hydroxyl groups excluding tert-OH is 2. The number of hydrogen-bond acceptors (Lipinski definition) is 5. The Kier molecular flexibility index (Phi) is 6.15. The van der Waals surface area contributed by atoms with Crippen LogP contribution >= 0.6 is 0 Å². The minimum Gasteiger partial charge on any atom is -0.458 e. The maximum atomic E-state index is 11.9.